The van der Waals surface area contributed by atoms with Crippen molar-refractivity contribution in [3.63, 3.8) is 0 Å². The molecule has 0 saturated heterocycles. The normalized spacial score (nSPS) is 12.6. The molecular weight excluding hydrogens is 613 g/mol. The third-order valence-electron chi connectivity index (χ3n) is 7.52. The topological polar surface area (TPSA) is 86.8 Å². The molecule has 1 N–H and O–H groups in total. The molecule has 0 aliphatic carbocycles. The highest BCUT2D eigenvalue weighted by Crippen LogP contribution is 2.27. The van der Waals surface area contributed by atoms with Crippen LogP contribution in [0.2, 0.25) is 5.02 Å². The Hall–Kier alpha value is -4.21. The van der Waals surface area contributed by atoms with E-state index in [2.05, 4.69) is 5.32 Å². The molecule has 0 fully saturated rings. The Morgan fingerprint density at radius 1 is 0.889 bits per heavy atom. The average molecular weight is 650 g/mol. The van der Waals surface area contributed by atoms with E-state index in [0.717, 1.165) is 21.5 Å². The molecule has 0 aliphatic heterocycles. The summed E-state index contributed by atoms with van der Waals surface area (Å²) in [5, 5.41) is 3.43. The molecule has 4 aromatic carbocycles. The van der Waals surface area contributed by atoms with Crippen LogP contribution in [0.3, 0.4) is 0 Å². The molecular formula is C35H37ClFN3O4S. The van der Waals surface area contributed by atoms with Crippen LogP contribution in [0.4, 0.5) is 10.1 Å². The number of halogens is 2. The molecule has 0 aliphatic rings. The number of hydrogen-bond donors (Lipinski definition) is 1. The Kier molecular flexibility index (Phi) is 11.4. The first kappa shape index (κ1) is 33.7. The number of rotatable bonds is 13. The number of amides is 2. The molecule has 0 spiro atoms. The maximum Gasteiger partial charge on any atom is 0.264 e. The second kappa shape index (κ2) is 15.2. The molecule has 10 heteroatoms. The van der Waals surface area contributed by atoms with Crippen LogP contribution < -0.4 is 9.62 Å². The van der Waals surface area contributed by atoms with Gasteiger partial charge in [-0.25, -0.2) is 12.8 Å². The van der Waals surface area contributed by atoms with Gasteiger partial charge in [0.05, 0.1) is 10.6 Å². The standard InChI is InChI=1S/C35H37ClFN3O4S/c1-4-26(3)38-35(42)33(22-27-11-6-5-7-12-27)39(23-28-13-10-14-29(36)21-28)34(41)24-40(32-16-9-8-15-31(32)37)45(43,44)30-19-17-25(2)18-20-30/h5-21,26,33H,4,22-24H2,1-3H3,(H,38,42)/t26-,33+/m1/s1. The first-order valence-corrected chi connectivity index (χ1v) is 16.5. The number of anilines is 1. The summed E-state index contributed by atoms with van der Waals surface area (Å²) in [4.78, 5) is 29.6. The van der Waals surface area contributed by atoms with Gasteiger partial charge >= 0.3 is 0 Å². The number of para-hydroxylation sites is 1. The minimum atomic E-state index is -4.41. The number of sulfonamides is 1. The third kappa shape index (κ3) is 8.71. The van der Waals surface area contributed by atoms with Crippen molar-refractivity contribution in [1.29, 1.82) is 0 Å². The lowest BCUT2D eigenvalue weighted by atomic mass is 10.0. The van der Waals surface area contributed by atoms with E-state index in [4.69, 9.17) is 11.6 Å². The van der Waals surface area contributed by atoms with E-state index in [-0.39, 0.29) is 35.5 Å². The number of carbonyl (C=O) groups is 2. The summed E-state index contributed by atoms with van der Waals surface area (Å²) in [6, 6.07) is 26.5. The second-order valence-electron chi connectivity index (χ2n) is 11.0. The van der Waals surface area contributed by atoms with Gasteiger partial charge in [-0.1, -0.05) is 90.8 Å². The van der Waals surface area contributed by atoms with E-state index in [1.54, 1.807) is 36.4 Å². The number of nitrogens with zero attached hydrogens (tertiary/aromatic N) is 2. The maximum atomic E-state index is 15.2. The van der Waals surface area contributed by atoms with Crippen molar-refractivity contribution in [2.24, 2.45) is 0 Å². The fourth-order valence-corrected chi connectivity index (χ4v) is 6.47. The number of hydrogen-bond acceptors (Lipinski definition) is 4. The first-order valence-electron chi connectivity index (χ1n) is 14.7. The van der Waals surface area contributed by atoms with Crippen LogP contribution in [0.1, 0.15) is 37.0 Å². The quantitative estimate of drug-likeness (QED) is 0.178. The third-order valence-corrected chi connectivity index (χ3v) is 9.53. The molecule has 2 atom stereocenters. The minimum absolute atomic E-state index is 0.0412. The molecule has 0 heterocycles. The molecule has 4 rings (SSSR count). The van der Waals surface area contributed by atoms with E-state index in [1.807, 2.05) is 51.1 Å². The molecule has 45 heavy (non-hydrogen) atoms. The van der Waals surface area contributed by atoms with Crippen molar-refractivity contribution in [2.75, 3.05) is 10.8 Å². The minimum Gasteiger partial charge on any atom is -0.352 e. The van der Waals surface area contributed by atoms with Crippen LogP contribution in [0.15, 0.2) is 108 Å². The van der Waals surface area contributed by atoms with Crippen molar-refractivity contribution in [3.05, 3.63) is 131 Å². The molecule has 7 nitrogen and oxygen atoms in total. The Labute approximate surface area is 269 Å². The lowest BCUT2D eigenvalue weighted by Gasteiger charge is -2.34. The zero-order valence-electron chi connectivity index (χ0n) is 25.5. The highest BCUT2D eigenvalue weighted by molar-refractivity contribution is 7.92. The van der Waals surface area contributed by atoms with Gasteiger partial charge in [-0.05, 0) is 67.8 Å². The molecule has 4 aromatic rings. The molecule has 236 valence electrons. The van der Waals surface area contributed by atoms with Gasteiger partial charge in [-0.2, -0.15) is 0 Å². The van der Waals surface area contributed by atoms with Crippen LogP contribution in [0.25, 0.3) is 0 Å². The fourth-order valence-electron chi connectivity index (χ4n) is 4.83. The SMILES string of the molecule is CC[C@@H](C)NC(=O)[C@H](Cc1ccccc1)N(Cc1cccc(Cl)c1)C(=O)CN(c1ccccc1F)S(=O)(=O)c1ccc(C)cc1. The summed E-state index contributed by atoms with van der Waals surface area (Å²) in [6.07, 6.45) is 0.835. The van der Waals surface area contributed by atoms with Gasteiger partial charge < -0.3 is 10.2 Å². The number of benzene rings is 4. The number of nitrogens with one attached hydrogen (secondary N) is 1. The van der Waals surface area contributed by atoms with Gasteiger partial charge in [0.15, 0.2) is 0 Å². The van der Waals surface area contributed by atoms with Gasteiger partial charge in [0.1, 0.15) is 18.4 Å². The fraction of sp³-hybridized carbons (Fsp3) is 0.257. The van der Waals surface area contributed by atoms with E-state index in [1.165, 1.54) is 35.2 Å². The summed E-state index contributed by atoms with van der Waals surface area (Å²) < 4.78 is 44.1. The average Bonchev–Trinajstić information content (AvgIpc) is 3.02. The van der Waals surface area contributed by atoms with Gasteiger partial charge in [-0.3, -0.25) is 13.9 Å². The zero-order chi connectivity index (χ0) is 32.6. The van der Waals surface area contributed by atoms with Crippen molar-refractivity contribution in [1.82, 2.24) is 10.2 Å². The maximum absolute atomic E-state index is 15.2. The smallest absolute Gasteiger partial charge is 0.264 e. The van der Waals surface area contributed by atoms with E-state index < -0.39 is 34.3 Å². The van der Waals surface area contributed by atoms with Crippen molar-refractivity contribution < 1.29 is 22.4 Å². The Balaban J connectivity index is 1.82. The second-order valence-corrected chi connectivity index (χ2v) is 13.2. The van der Waals surface area contributed by atoms with E-state index >= 15 is 4.39 Å². The first-order chi connectivity index (χ1) is 21.5. The van der Waals surface area contributed by atoms with Gasteiger partial charge in [0, 0.05) is 24.0 Å². The molecule has 0 saturated carbocycles. The van der Waals surface area contributed by atoms with Crippen LogP contribution in [-0.4, -0.2) is 43.8 Å². The predicted octanol–water partition coefficient (Wildman–Crippen LogP) is 6.54. The summed E-state index contributed by atoms with van der Waals surface area (Å²) in [5.41, 5.74) is 2.01. The lowest BCUT2D eigenvalue weighted by molar-refractivity contribution is -0.140. The predicted molar refractivity (Wildman–Crippen MR) is 176 cm³/mol. The molecule has 2 amide bonds. The Morgan fingerprint density at radius 2 is 1.53 bits per heavy atom. The summed E-state index contributed by atoms with van der Waals surface area (Å²) in [5.74, 6) is -1.88. The largest absolute Gasteiger partial charge is 0.352 e. The highest BCUT2D eigenvalue weighted by Gasteiger charge is 2.35. The molecule has 0 aromatic heterocycles. The van der Waals surface area contributed by atoms with Gasteiger partial charge in [0.2, 0.25) is 11.8 Å². The molecule has 0 bridgehead atoms. The zero-order valence-corrected chi connectivity index (χ0v) is 27.1. The summed E-state index contributed by atoms with van der Waals surface area (Å²) >= 11 is 6.28. The van der Waals surface area contributed by atoms with Crippen LogP contribution in [0.5, 0.6) is 0 Å². The van der Waals surface area contributed by atoms with Gasteiger partial charge in [-0.15, -0.1) is 0 Å². The van der Waals surface area contributed by atoms with Crippen LogP contribution in [-0.2, 0) is 32.6 Å². The summed E-state index contributed by atoms with van der Waals surface area (Å²) in [7, 11) is -4.41. The van der Waals surface area contributed by atoms with Gasteiger partial charge in [0.25, 0.3) is 10.0 Å². The van der Waals surface area contributed by atoms with Crippen LogP contribution >= 0.6 is 11.6 Å². The van der Waals surface area contributed by atoms with E-state index in [0.29, 0.717) is 17.0 Å². The van der Waals surface area contributed by atoms with E-state index in [9.17, 15) is 18.0 Å². The molecule has 0 unspecified atom stereocenters. The van der Waals surface area contributed by atoms with Crippen molar-refractivity contribution in [3.8, 4) is 0 Å². The number of aryl methyl sites for hydroxylation is 1. The Bertz CT molecular complexity index is 1720. The van der Waals surface area contributed by atoms with Crippen molar-refractivity contribution >= 4 is 39.1 Å². The Morgan fingerprint density at radius 3 is 2.18 bits per heavy atom. The van der Waals surface area contributed by atoms with Crippen molar-refractivity contribution in [2.45, 2.75) is 57.1 Å². The monoisotopic (exact) mass is 649 g/mol. The van der Waals surface area contributed by atoms with Crippen LogP contribution in [0, 0.1) is 12.7 Å². The lowest BCUT2D eigenvalue weighted by Crippen LogP contribution is -2.54. The molecule has 0 radical (unpaired) electrons. The summed E-state index contributed by atoms with van der Waals surface area (Å²) in [6.45, 7) is 4.84. The number of carbonyl (C=O) groups excluding carboxylic acids is 2. The highest BCUT2D eigenvalue weighted by atomic mass is 35.5.